The molecule has 1 aliphatic rings. The van der Waals surface area contributed by atoms with Crippen LogP contribution in [0.2, 0.25) is 0 Å². The minimum atomic E-state index is -1.18. The van der Waals surface area contributed by atoms with Crippen molar-refractivity contribution in [1.82, 2.24) is 20.9 Å². The minimum Gasteiger partial charge on any atom is -0.338 e. The molecule has 1 aromatic rings. The normalized spacial score (nSPS) is 19.2. The first-order valence-electron chi connectivity index (χ1n) is 8.72. The van der Waals surface area contributed by atoms with Gasteiger partial charge in [0.25, 0.3) is 5.91 Å². The van der Waals surface area contributed by atoms with Gasteiger partial charge in [0.15, 0.2) is 0 Å². The maximum Gasteiger partial charge on any atom is 0.325 e. The fraction of sp³-hybridized carbons (Fsp3) is 0.444. The Balaban J connectivity index is 2.14. The Labute approximate surface area is 152 Å². The van der Waals surface area contributed by atoms with Crippen molar-refractivity contribution in [3.63, 3.8) is 0 Å². The fourth-order valence-electron chi connectivity index (χ4n) is 2.97. The van der Waals surface area contributed by atoms with Crippen molar-refractivity contribution in [3.8, 4) is 0 Å². The van der Waals surface area contributed by atoms with E-state index in [0.717, 1.165) is 11.3 Å². The van der Waals surface area contributed by atoms with Gasteiger partial charge in [-0.3, -0.25) is 19.8 Å². The van der Waals surface area contributed by atoms with E-state index in [-0.39, 0.29) is 0 Å². The standard InChI is InChI=1S/C18H24N4O4/c1-3-10-18(13-8-6-5-7-9-13)15(24)22(17(26)21-18)12-14(23)20-16(25)19-11-4-2/h5-9H,3-4,10-12H2,1-2H3,(H,21,26)(H2,19,20,23,25)/t18-/m1/s1. The Hall–Kier alpha value is -2.90. The lowest BCUT2D eigenvalue weighted by Crippen LogP contribution is -2.47. The molecule has 8 nitrogen and oxygen atoms in total. The van der Waals surface area contributed by atoms with Crippen LogP contribution in [0.15, 0.2) is 30.3 Å². The summed E-state index contributed by atoms with van der Waals surface area (Å²) in [6.07, 6.45) is 1.81. The van der Waals surface area contributed by atoms with Gasteiger partial charge in [-0.25, -0.2) is 9.59 Å². The van der Waals surface area contributed by atoms with Gasteiger partial charge in [0.1, 0.15) is 12.1 Å². The number of nitrogens with one attached hydrogen (secondary N) is 3. The molecule has 0 aromatic heterocycles. The highest BCUT2D eigenvalue weighted by molar-refractivity contribution is 6.10. The van der Waals surface area contributed by atoms with Crippen molar-refractivity contribution in [2.75, 3.05) is 13.1 Å². The fourth-order valence-corrected chi connectivity index (χ4v) is 2.97. The van der Waals surface area contributed by atoms with Gasteiger partial charge in [0, 0.05) is 6.54 Å². The van der Waals surface area contributed by atoms with Gasteiger partial charge < -0.3 is 10.6 Å². The highest BCUT2D eigenvalue weighted by atomic mass is 16.2. The topological polar surface area (TPSA) is 108 Å². The van der Waals surface area contributed by atoms with Crippen molar-refractivity contribution in [1.29, 1.82) is 0 Å². The second kappa shape index (κ2) is 8.46. The molecule has 2 rings (SSSR count). The molecule has 1 fully saturated rings. The highest BCUT2D eigenvalue weighted by Crippen LogP contribution is 2.33. The van der Waals surface area contributed by atoms with E-state index in [9.17, 15) is 19.2 Å². The van der Waals surface area contributed by atoms with E-state index in [2.05, 4.69) is 16.0 Å². The van der Waals surface area contributed by atoms with Gasteiger partial charge in [0.05, 0.1) is 0 Å². The van der Waals surface area contributed by atoms with Crippen LogP contribution < -0.4 is 16.0 Å². The lowest BCUT2D eigenvalue weighted by Gasteiger charge is -2.26. The third-order valence-corrected chi connectivity index (χ3v) is 4.16. The van der Waals surface area contributed by atoms with Gasteiger partial charge in [-0.1, -0.05) is 50.6 Å². The summed E-state index contributed by atoms with van der Waals surface area (Å²) in [4.78, 5) is 49.8. The zero-order valence-corrected chi connectivity index (χ0v) is 15.0. The zero-order chi connectivity index (χ0) is 19.2. The van der Waals surface area contributed by atoms with E-state index in [1.807, 2.05) is 19.9 Å². The largest absolute Gasteiger partial charge is 0.338 e. The Morgan fingerprint density at radius 1 is 1.12 bits per heavy atom. The lowest BCUT2D eigenvalue weighted by molar-refractivity contribution is -0.135. The second-order valence-corrected chi connectivity index (χ2v) is 6.15. The van der Waals surface area contributed by atoms with E-state index in [0.29, 0.717) is 24.9 Å². The quantitative estimate of drug-likeness (QED) is 0.640. The predicted molar refractivity (Wildman–Crippen MR) is 95.1 cm³/mol. The number of urea groups is 2. The Kier molecular flexibility index (Phi) is 6.32. The average Bonchev–Trinajstić information content (AvgIpc) is 2.86. The summed E-state index contributed by atoms with van der Waals surface area (Å²) < 4.78 is 0. The molecule has 140 valence electrons. The van der Waals surface area contributed by atoms with Crippen LogP contribution in [0, 0.1) is 0 Å². The van der Waals surface area contributed by atoms with Crippen LogP contribution in [0.4, 0.5) is 9.59 Å². The molecule has 0 saturated carbocycles. The van der Waals surface area contributed by atoms with Crippen molar-refractivity contribution in [2.24, 2.45) is 0 Å². The summed E-state index contributed by atoms with van der Waals surface area (Å²) in [5.41, 5.74) is -0.513. The highest BCUT2D eigenvalue weighted by Gasteiger charge is 2.52. The molecule has 0 aliphatic carbocycles. The lowest BCUT2D eigenvalue weighted by atomic mass is 9.85. The Bertz CT molecular complexity index is 692. The van der Waals surface area contributed by atoms with E-state index in [4.69, 9.17) is 0 Å². The van der Waals surface area contributed by atoms with Crippen LogP contribution in [0.3, 0.4) is 0 Å². The molecule has 3 N–H and O–H groups in total. The molecular weight excluding hydrogens is 336 g/mol. The third-order valence-electron chi connectivity index (χ3n) is 4.16. The molecule has 26 heavy (non-hydrogen) atoms. The van der Waals surface area contributed by atoms with Crippen molar-refractivity contribution < 1.29 is 19.2 Å². The van der Waals surface area contributed by atoms with Gasteiger partial charge in [-0.05, 0) is 18.4 Å². The summed E-state index contributed by atoms with van der Waals surface area (Å²) in [5, 5.41) is 7.35. The summed E-state index contributed by atoms with van der Waals surface area (Å²) in [5.74, 6) is -1.21. The molecule has 1 heterocycles. The Morgan fingerprint density at radius 3 is 2.42 bits per heavy atom. The number of nitrogens with zero attached hydrogens (tertiary/aromatic N) is 1. The molecule has 0 unspecified atom stereocenters. The van der Waals surface area contributed by atoms with Gasteiger partial charge in [0.2, 0.25) is 5.91 Å². The third kappa shape index (κ3) is 4.01. The molecule has 0 radical (unpaired) electrons. The number of hydrogen-bond acceptors (Lipinski definition) is 4. The first kappa shape index (κ1) is 19.4. The van der Waals surface area contributed by atoms with Gasteiger partial charge in [-0.15, -0.1) is 0 Å². The number of amides is 6. The number of carbonyl (C=O) groups is 4. The number of hydrogen-bond donors (Lipinski definition) is 3. The van der Waals surface area contributed by atoms with Crippen LogP contribution in [-0.2, 0) is 15.1 Å². The van der Waals surface area contributed by atoms with Crippen molar-refractivity contribution in [3.05, 3.63) is 35.9 Å². The van der Waals surface area contributed by atoms with E-state index < -0.39 is 36.0 Å². The smallest absolute Gasteiger partial charge is 0.325 e. The van der Waals surface area contributed by atoms with Gasteiger partial charge >= 0.3 is 12.1 Å². The van der Waals surface area contributed by atoms with Crippen molar-refractivity contribution >= 4 is 23.9 Å². The molecule has 1 aromatic carbocycles. The minimum absolute atomic E-state index is 0.413. The van der Waals surface area contributed by atoms with Crippen LogP contribution in [0.25, 0.3) is 0 Å². The van der Waals surface area contributed by atoms with Gasteiger partial charge in [-0.2, -0.15) is 0 Å². The summed E-state index contributed by atoms with van der Waals surface area (Å²) in [6.45, 7) is 3.71. The number of benzene rings is 1. The number of imide groups is 2. The monoisotopic (exact) mass is 360 g/mol. The van der Waals surface area contributed by atoms with E-state index >= 15 is 0 Å². The first-order valence-corrected chi connectivity index (χ1v) is 8.72. The average molecular weight is 360 g/mol. The van der Waals surface area contributed by atoms with Crippen LogP contribution in [0.1, 0.15) is 38.7 Å². The first-order chi connectivity index (χ1) is 12.4. The molecule has 1 saturated heterocycles. The summed E-state index contributed by atoms with van der Waals surface area (Å²) >= 11 is 0. The maximum absolute atomic E-state index is 13.0. The summed E-state index contributed by atoms with van der Waals surface area (Å²) in [7, 11) is 0. The van der Waals surface area contributed by atoms with E-state index in [1.165, 1.54) is 0 Å². The van der Waals surface area contributed by atoms with Crippen LogP contribution in [0.5, 0.6) is 0 Å². The molecular formula is C18H24N4O4. The van der Waals surface area contributed by atoms with Crippen LogP contribution in [-0.4, -0.2) is 41.9 Å². The van der Waals surface area contributed by atoms with Crippen LogP contribution >= 0.6 is 0 Å². The molecule has 8 heteroatoms. The number of rotatable bonds is 7. The zero-order valence-electron chi connectivity index (χ0n) is 15.0. The Morgan fingerprint density at radius 2 is 1.81 bits per heavy atom. The predicted octanol–water partition coefficient (Wildman–Crippen LogP) is 1.47. The van der Waals surface area contributed by atoms with E-state index in [1.54, 1.807) is 24.3 Å². The SMILES string of the molecule is CCCNC(=O)NC(=O)CN1C(=O)N[C@](CCC)(c2ccccc2)C1=O. The molecule has 1 atom stereocenters. The maximum atomic E-state index is 13.0. The molecule has 0 spiro atoms. The second-order valence-electron chi connectivity index (χ2n) is 6.15. The molecule has 6 amide bonds. The van der Waals surface area contributed by atoms with Crippen molar-refractivity contribution in [2.45, 2.75) is 38.6 Å². The molecule has 1 aliphatic heterocycles. The number of carbonyl (C=O) groups excluding carboxylic acids is 4. The molecule has 0 bridgehead atoms. The summed E-state index contributed by atoms with van der Waals surface area (Å²) in [6, 6.07) is 7.66.